The molecule has 0 fully saturated rings. The van der Waals surface area contributed by atoms with E-state index in [1.165, 1.54) is 0 Å². The van der Waals surface area contributed by atoms with E-state index in [1.807, 2.05) is 25.1 Å². The van der Waals surface area contributed by atoms with Gasteiger partial charge in [-0.25, -0.2) is 8.42 Å². The van der Waals surface area contributed by atoms with E-state index in [4.69, 9.17) is 0 Å². The highest BCUT2D eigenvalue weighted by Crippen LogP contribution is 2.25. The molecule has 0 aromatic heterocycles. The van der Waals surface area contributed by atoms with Crippen molar-refractivity contribution in [3.05, 3.63) is 58.6 Å². The van der Waals surface area contributed by atoms with Crippen LogP contribution in [-0.2, 0) is 16.6 Å². The fourth-order valence-electron chi connectivity index (χ4n) is 1.86. The van der Waals surface area contributed by atoms with Crippen molar-refractivity contribution in [1.29, 1.82) is 0 Å². The molecule has 0 saturated heterocycles. The summed E-state index contributed by atoms with van der Waals surface area (Å²) in [5, 5.41) is 3.20. The van der Waals surface area contributed by atoms with E-state index in [2.05, 4.69) is 26.0 Å². The van der Waals surface area contributed by atoms with Gasteiger partial charge >= 0.3 is 0 Å². The zero-order chi connectivity index (χ0) is 15.3. The monoisotopic (exact) mass is 368 g/mol. The average molecular weight is 369 g/mol. The maximum absolute atomic E-state index is 12.4. The van der Waals surface area contributed by atoms with Crippen molar-refractivity contribution in [2.24, 2.45) is 0 Å². The predicted octanol–water partition coefficient (Wildman–Crippen LogP) is 3.36. The van der Waals surface area contributed by atoms with Crippen LogP contribution in [0.25, 0.3) is 0 Å². The Labute approximate surface area is 133 Å². The van der Waals surface area contributed by atoms with Crippen molar-refractivity contribution in [2.75, 3.05) is 11.3 Å². The topological polar surface area (TPSA) is 58.2 Å². The molecule has 0 aliphatic heterocycles. The van der Waals surface area contributed by atoms with Crippen molar-refractivity contribution >= 4 is 31.6 Å². The summed E-state index contributed by atoms with van der Waals surface area (Å²) in [6.07, 6.45) is 0. The Balaban J connectivity index is 2.24. The Morgan fingerprint density at radius 2 is 1.81 bits per heavy atom. The number of nitrogens with one attached hydrogen (secondary N) is 2. The maximum atomic E-state index is 12.4. The summed E-state index contributed by atoms with van der Waals surface area (Å²) in [6.45, 7) is 3.60. The minimum Gasteiger partial charge on any atom is -0.313 e. The molecule has 112 valence electrons. The highest BCUT2D eigenvalue weighted by atomic mass is 79.9. The number of hydrogen-bond donors (Lipinski definition) is 2. The van der Waals surface area contributed by atoms with E-state index in [1.54, 1.807) is 30.3 Å². The van der Waals surface area contributed by atoms with E-state index in [0.29, 0.717) is 16.7 Å². The number of rotatable bonds is 6. The summed E-state index contributed by atoms with van der Waals surface area (Å²) in [7, 11) is -3.60. The molecule has 2 rings (SSSR count). The van der Waals surface area contributed by atoms with Crippen molar-refractivity contribution in [2.45, 2.75) is 18.4 Å². The SMILES string of the molecule is CCNCc1ccc(S(=O)(=O)Nc2ccccc2)c(Br)c1. The number of benzene rings is 2. The second-order valence-electron chi connectivity index (χ2n) is 4.52. The minimum atomic E-state index is -3.60. The third-order valence-corrected chi connectivity index (χ3v) is 5.25. The molecule has 0 aliphatic carbocycles. The summed E-state index contributed by atoms with van der Waals surface area (Å²) in [4.78, 5) is 0.228. The van der Waals surface area contributed by atoms with Gasteiger partial charge in [-0.2, -0.15) is 0 Å². The Hall–Kier alpha value is -1.37. The summed E-state index contributed by atoms with van der Waals surface area (Å²) < 4.78 is 27.9. The van der Waals surface area contributed by atoms with Crippen LogP contribution < -0.4 is 10.0 Å². The minimum absolute atomic E-state index is 0.228. The number of sulfonamides is 1. The van der Waals surface area contributed by atoms with Gasteiger partial charge in [0, 0.05) is 16.7 Å². The molecule has 6 heteroatoms. The van der Waals surface area contributed by atoms with Gasteiger partial charge < -0.3 is 5.32 Å². The van der Waals surface area contributed by atoms with E-state index in [9.17, 15) is 8.42 Å². The van der Waals surface area contributed by atoms with Crippen LogP contribution in [0.3, 0.4) is 0 Å². The first kappa shape index (κ1) is 16.0. The number of halogens is 1. The molecule has 2 aromatic rings. The van der Waals surface area contributed by atoms with Crippen molar-refractivity contribution < 1.29 is 8.42 Å². The van der Waals surface area contributed by atoms with E-state index in [0.717, 1.165) is 12.1 Å². The molecule has 0 atom stereocenters. The predicted molar refractivity (Wildman–Crippen MR) is 88.8 cm³/mol. The first-order valence-corrected chi connectivity index (χ1v) is 8.87. The first-order valence-electron chi connectivity index (χ1n) is 6.60. The van der Waals surface area contributed by atoms with Gasteiger partial charge in [-0.05, 0) is 52.3 Å². The molecule has 4 nitrogen and oxygen atoms in total. The van der Waals surface area contributed by atoms with Crippen LogP contribution in [0.4, 0.5) is 5.69 Å². The van der Waals surface area contributed by atoms with Gasteiger partial charge in [-0.1, -0.05) is 31.2 Å². The van der Waals surface area contributed by atoms with Gasteiger partial charge in [-0.3, -0.25) is 4.72 Å². The Bertz CT molecular complexity index is 703. The largest absolute Gasteiger partial charge is 0.313 e. The van der Waals surface area contributed by atoms with Gasteiger partial charge in [0.05, 0.1) is 0 Å². The zero-order valence-electron chi connectivity index (χ0n) is 11.6. The fourth-order valence-corrected chi connectivity index (χ4v) is 4.04. The molecule has 0 amide bonds. The Morgan fingerprint density at radius 3 is 2.43 bits per heavy atom. The quantitative estimate of drug-likeness (QED) is 0.821. The lowest BCUT2D eigenvalue weighted by Gasteiger charge is -2.11. The highest BCUT2D eigenvalue weighted by Gasteiger charge is 2.17. The summed E-state index contributed by atoms with van der Waals surface area (Å²) in [5.41, 5.74) is 1.57. The van der Waals surface area contributed by atoms with Gasteiger partial charge in [0.1, 0.15) is 4.90 Å². The van der Waals surface area contributed by atoms with Crippen molar-refractivity contribution in [3.63, 3.8) is 0 Å². The van der Waals surface area contributed by atoms with Gasteiger partial charge in [0.25, 0.3) is 10.0 Å². The molecule has 0 saturated carbocycles. The third kappa shape index (κ3) is 4.30. The summed E-state index contributed by atoms with van der Waals surface area (Å²) >= 11 is 3.34. The molecule has 0 radical (unpaired) electrons. The fraction of sp³-hybridized carbons (Fsp3) is 0.200. The normalized spacial score (nSPS) is 11.3. The first-order chi connectivity index (χ1) is 10.0. The van der Waals surface area contributed by atoms with Crippen LogP contribution >= 0.6 is 15.9 Å². The van der Waals surface area contributed by atoms with Crippen molar-refractivity contribution in [1.82, 2.24) is 5.32 Å². The van der Waals surface area contributed by atoms with Crippen molar-refractivity contribution in [3.8, 4) is 0 Å². The number of para-hydroxylation sites is 1. The van der Waals surface area contributed by atoms with Crippen LogP contribution in [0.5, 0.6) is 0 Å². The smallest absolute Gasteiger partial charge is 0.263 e. The second-order valence-corrected chi connectivity index (χ2v) is 7.02. The molecular weight excluding hydrogens is 352 g/mol. The van der Waals surface area contributed by atoms with E-state index in [-0.39, 0.29) is 4.90 Å². The molecular formula is C15H17BrN2O2S. The molecule has 0 spiro atoms. The summed E-state index contributed by atoms with van der Waals surface area (Å²) in [6, 6.07) is 14.1. The third-order valence-electron chi connectivity index (χ3n) is 2.89. The van der Waals surface area contributed by atoms with Crippen LogP contribution in [0.2, 0.25) is 0 Å². The molecule has 2 N–H and O–H groups in total. The Kier molecular flexibility index (Phi) is 5.39. The van der Waals surface area contributed by atoms with Gasteiger partial charge in [0.2, 0.25) is 0 Å². The number of anilines is 1. The lowest BCUT2D eigenvalue weighted by molar-refractivity contribution is 0.600. The lowest BCUT2D eigenvalue weighted by atomic mass is 10.2. The summed E-state index contributed by atoms with van der Waals surface area (Å²) in [5.74, 6) is 0. The molecule has 21 heavy (non-hydrogen) atoms. The standard InChI is InChI=1S/C15H17BrN2O2S/c1-2-17-11-12-8-9-15(14(16)10-12)21(19,20)18-13-6-4-3-5-7-13/h3-10,17-18H,2,11H2,1H3. The van der Waals surface area contributed by atoms with E-state index >= 15 is 0 Å². The van der Waals surface area contributed by atoms with Crippen LogP contribution in [-0.4, -0.2) is 15.0 Å². The second kappa shape index (κ2) is 7.06. The highest BCUT2D eigenvalue weighted by molar-refractivity contribution is 9.10. The Morgan fingerprint density at radius 1 is 1.10 bits per heavy atom. The van der Waals surface area contributed by atoms with Gasteiger partial charge in [0.15, 0.2) is 0 Å². The average Bonchev–Trinajstić information content (AvgIpc) is 2.45. The molecule has 0 bridgehead atoms. The molecule has 0 unspecified atom stereocenters. The van der Waals surface area contributed by atoms with Crippen LogP contribution in [0.1, 0.15) is 12.5 Å². The van der Waals surface area contributed by atoms with Crippen LogP contribution in [0, 0.1) is 0 Å². The number of hydrogen-bond acceptors (Lipinski definition) is 3. The zero-order valence-corrected chi connectivity index (χ0v) is 14.0. The van der Waals surface area contributed by atoms with Crippen LogP contribution in [0.15, 0.2) is 57.9 Å². The maximum Gasteiger partial charge on any atom is 0.263 e. The van der Waals surface area contributed by atoms with E-state index < -0.39 is 10.0 Å². The van der Waals surface area contributed by atoms with Gasteiger partial charge in [-0.15, -0.1) is 0 Å². The molecule has 0 aliphatic rings. The molecule has 2 aromatic carbocycles. The lowest BCUT2D eigenvalue weighted by Crippen LogP contribution is -2.15. The molecule has 0 heterocycles.